The first-order valence-electron chi connectivity index (χ1n) is 16.0. The van der Waals surface area contributed by atoms with Crippen LogP contribution in [0.3, 0.4) is 0 Å². The Morgan fingerprint density at radius 3 is 2.25 bits per heavy atom. The molecule has 0 radical (unpaired) electrons. The van der Waals surface area contributed by atoms with Crippen molar-refractivity contribution in [3.05, 3.63) is 64.2 Å². The van der Waals surface area contributed by atoms with E-state index >= 15 is 0 Å². The Kier molecular flexibility index (Phi) is 10.2. The fourth-order valence-corrected chi connectivity index (χ4v) is 7.05. The largest absolute Gasteiger partial charge is 0.496 e. The summed E-state index contributed by atoms with van der Waals surface area (Å²) in [5.41, 5.74) is -7.31. The maximum Gasteiger partial charge on any atom is 0.432 e. The van der Waals surface area contributed by atoms with Crippen molar-refractivity contribution in [2.75, 3.05) is 14.2 Å². The molecule has 262 valence electrons. The molecule has 0 bridgehead atoms. The van der Waals surface area contributed by atoms with Gasteiger partial charge in [0.05, 0.1) is 13.0 Å². The number of ketones is 2. The Morgan fingerprint density at radius 2 is 1.71 bits per heavy atom. The van der Waals surface area contributed by atoms with Crippen LogP contribution in [0.4, 0.5) is 13.2 Å². The Bertz CT molecular complexity index is 1590. The van der Waals surface area contributed by atoms with E-state index in [1.165, 1.54) is 45.2 Å². The van der Waals surface area contributed by atoms with Crippen LogP contribution in [0, 0.1) is 11.8 Å². The Morgan fingerprint density at radius 1 is 1.08 bits per heavy atom. The van der Waals surface area contributed by atoms with Crippen molar-refractivity contribution in [3.8, 4) is 5.75 Å². The molecular formula is C36H43F3O9. The Hall–Kier alpha value is -3.77. The molecule has 0 saturated heterocycles. The molecule has 0 saturated carbocycles. The number of aliphatic hydroxyl groups is 1. The van der Waals surface area contributed by atoms with Gasteiger partial charge in [-0.1, -0.05) is 57.5 Å². The second kappa shape index (κ2) is 13.3. The number of hydrogen-bond donors (Lipinski definition) is 1. The summed E-state index contributed by atoms with van der Waals surface area (Å²) < 4.78 is 65.5. The number of hydrogen-bond acceptors (Lipinski definition) is 9. The lowest BCUT2D eigenvalue weighted by Crippen LogP contribution is -2.60. The standard InChI is InChI=1S/C36H43F3O9/c1-9-19(2)28(47-32(43)35(46-8,36(37,38)39)22-15-11-10-12-16-22)21(4)30(41)48-34(6)29(40)27-23-17-13-14-20(3)26(23)25(45-7)18-24(27)33(5,44)31(34)42/h10-12,15-16,18-21,28,44H,9,13-14,17H2,1-8H3/t19-,20+,21+,28+,33?,34-,35-/m0/s1. The predicted octanol–water partition coefficient (Wildman–Crippen LogP) is 6.11. The van der Waals surface area contributed by atoms with Crippen LogP contribution in [-0.2, 0) is 46.2 Å². The summed E-state index contributed by atoms with van der Waals surface area (Å²) in [4.78, 5) is 55.5. The minimum atomic E-state index is -5.25. The molecule has 9 nitrogen and oxygen atoms in total. The van der Waals surface area contributed by atoms with Crippen molar-refractivity contribution >= 4 is 23.5 Å². The minimum absolute atomic E-state index is 0.0102. The zero-order valence-electron chi connectivity index (χ0n) is 28.4. The zero-order chi connectivity index (χ0) is 36.0. The van der Waals surface area contributed by atoms with Gasteiger partial charge in [0, 0.05) is 29.4 Å². The van der Waals surface area contributed by atoms with Gasteiger partial charge in [-0.25, -0.2) is 4.79 Å². The maximum absolute atomic E-state index is 14.6. The number of rotatable bonds is 10. The lowest BCUT2D eigenvalue weighted by Gasteiger charge is -2.42. The van der Waals surface area contributed by atoms with Gasteiger partial charge in [-0.3, -0.25) is 14.4 Å². The van der Waals surface area contributed by atoms with Gasteiger partial charge in [-0.05, 0) is 63.5 Å². The third-order valence-electron chi connectivity index (χ3n) is 10.1. The van der Waals surface area contributed by atoms with E-state index in [9.17, 15) is 37.5 Å². The molecule has 48 heavy (non-hydrogen) atoms. The van der Waals surface area contributed by atoms with Gasteiger partial charge in [0.1, 0.15) is 11.9 Å². The summed E-state index contributed by atoms with van der Waals surface area (Å²) in [5, 5.41) is 11.6. The third kappa shape index (κ3) is 5.80. The number of benzene rings is 2. The lowest BCUT2D eigenvalue weighted by molar-refractivity contribution is -0.279. The predicted molar refractivity (Wildman–Crippen MR) is 167 cm³/mol. The smallest absolute Gasteiger partial charge is 0.432 e. The quantitative estimate of drug-likeness (QED) is 0.235. The molecule has 12 heteroatoms. The van der Waals surface area contributed by atoms with Crippen molar-refractivity contribution < 1.29 is 56.4 Å². The summed E-state index contributed by atoms with van der Waals surface area (Å²) in [7, 11) is 2.20. The molecule has 7 atom stereocenters. The van der Waals surface area contributed by atoms with Crippen LogP contribution in [0.1, 0.15) is 99.3 Å². The van der Waals surface area contributed by atoms with Crippen LogP contribution in [0.5, 0.6) is 5.75 Å². The van der Waals surface area contributed by atoms with Crippen LogP contribution in [0.25, 0.3) is 0 Å². The van der Waals surface area contributed by atoms with Crippen molar-refractivity contribution in [1.29, 1.82) is 0 Å². The summed E-state index contributed by atoms with van der Waals surface area (Å²) >= 11 is 0. The van der Waals surface area contributed by atoms with Gasteiger partial charge in [-0.2, -0.15) is 13.2 Å². The third-order valence-corrected chi connectivity index (χ3v) is 10.1. The fourth-order valence-electron chi connectivity index (χ4n) is 7.05. The normalized spacial score (nSPS) is 25.5. The Labute approximate surface area is 278 Å². The first kappa shape index (κ1) is 37.1. The summed E-state index contributed by atoms with van der Waals surface area (Å²) in [6.45, 7) is 8.84. The highest BCUT2D eigenvalue weighted by Crippen LogP contribution is 2.49. The van der Waals surface area contributed by atoms with Gasteiger partial charge >= 0.3 is 18.1 Å². The van der Waals surface area contributed by atoms with E-state index in [-0.39, 0.29) is 23.5 Å². The number of carbonyl (C=O) groups excluding carboxylic acids is 4. The van der Waals surface area contributed by atoms with Crippen LogP contribution in [-0.4, -0.2) is 60.7 Å². The molecule has 0 amide bonds. The zero-order valence-corrected chi connectivity index (χ0v) is 28.4. The molecule has 1 unspecified atom stereocenters. The van der Waals surface area contributed by atoms with Gasteiger partial charge in [-0.15, -0.1) is 0 Å². The van der Waals surface area contributed by atoms with Crippen molar-refractivity contribution in [2.24, 2.45) is 11.8 Å². The van der Waals surface area contributed by atoms with Gasteiger partial charge < -0.3 is 24.1 Å². The number of carbonyl (C=O) groups is 4. The van der Waals surface area contributed by atoms with E-state index < -0.39 is 70.0 Å². The SMILES string of the molecule is CC[C@H](C)[C@@H](OC(=O)[C@@](OC)(c1ccccc1)C(F)(F)F)[C@@H](C)C(=O)O[C@@]1(C)C(=O)c2c(cc(OC)c3c2CCC[C@H]3C)C(C)(O)C1=O. The molecule has 0 heterocycles. The van der Waals surface area contributed by atoms with Crippen molar-refractivity contribution in [2.45, 2.75) is 102 Å². The van der Waals surface area contributed by atoms with E-state index in [0.717, 1.165) is 44.6 Å². The van der Waals surface area contributed by atoms with Gasteiger partial charge in [0.15, 0.2) is 5.60 Å². The number of methoxy groups -OCH3 is 2. The number of esters is 2. The number of ether oxygens (including phenoxy) is 4. The summed E-state index contributed by atoms with van der Waals surface area (Å²) in [6.07, 6.45) is -4.44. The van der Waals surface area contributed by atoms with Gasteiger partial charge in [0.25, 0.3) is 5.60 Å². The molecular weight excluding hydrogens is 633 g/mol. The molecule has 2 aliphatic rings. The van der Waals surface area contributed by atoms with Crippen LogP contribution in [0.2, 0.25) is 0 Å². The van der Waals surface area contributed by atoms with Crippen LogP contribution < -0.4 is 4.74 Å². The molecule has 2 aliphatic carbocycles. The highest BCUT2D eigenvalue weighted by Gasteiger charge is 2.65. The number of Topliss-reactive ketones (excluding diaryl/α,β-unsaturated/α-hetero) is 2. The molecule has 0 aromatic heterocycles. The second-order valence-corrected chi connectivity index (χ2v) is 13.2. The van der Waals surface area contributed by atoms with E-state index in [4.69, 9.17) is 18.9 Å². The molecule has 2 aromatic carbocycles. The minimum Gasteiger partial charge on any atom is -0.496 e. The van der Waals surface area contributed by atoms with E-state index in [0.29, 0.717) is 17.7 Å². The topological polar surface area (TPSA) is 125 Å². The van der Waals surface area contributed by atoms with Crippen molar-refractivity contribution in [1.82, 2.24) is 0 Å². The van der Waals surface area contributed by atoms with Crippen LogP contribution >= 0.6 is 0 Å². The fraction of sp³-hybridized carbons (Fsp3) is 0.556. The van der Waals surface area contributed by atoms with Crippen molar-refractivity contribution in [3.63, 3.8) is 0 Å². The summed E-state index contributed by atoms with van der Waals surface area (Å²) in [6, 6.07) is 7.73. The second-order valence-electron chi connectivity index (χ2n) is 13.2. The number of halogens is 3. The molecule has 0 aliphatic heterocycles. The lowest BCUT2D eigenvalue weighted by atomic mass is 9.66. The summed E-state index contributed by atoms with van der Waals surface area (Å²) in [5.74, 6) is -6.59. The molecule has 0 fully saturated rings. The molecule has 1 N–H and O–H groups in total. The highest BCUT2D eigenvalue weighted by atomic mass is 19.4. The molecule has 0 spiro atoms. The monoisotopic (exact) mass is 676 g/mol. The van der Waals surface area contributed by atoms with E-state index in [2.05, 4.69) is 0 Å². The Balaban J connectivity index is 1.73. The van der Waals surface area contributed by atoms with Gasteiger partial charge in [0.2, 0.25) is 17.2 Å². The van der Waals surface area contributed by atoms with Crippen LogP contribution in [0.15, 0.2) is 36.4 Å². The number of fused-ring (bicyclic) bond motifs is 3. The maximum atomic E-state index is 14.6. The highest BCUT2D eigenvalue weighted by molar-refractivity contribution is 6.25. The number of alkyl halides is 3. The average Bonchev–Trinajstić information content (AvgIpc) is 3.04. The first-order valence-corrected chi connectivity index (χ1v) is 16.0. The van der Waals surface area contributed by atoms with E-state index in [1.807, 2.05) is 6.92 Å². The molecule has 2 aromatic rings. The molecule has 4 rings (SSSR count). The average molecular weight is 677 g/mol. The van der Waals surface area contributed by atoms with E-state index in [1.54, 1.807) is 13.8 Å². The first-order chi connectivity index (χ1) is 22.3.